The van der Waals surface area contributed by atoms with Crippen molar-refractivity contribution in [1.29, 1.82) is 0 Å². The van der Waals surface area contributed by atoms with Gasteiger partial charge in [0.25, 0.3) is 0 Å². The highest BCUT2D eigenvalue weighted by Crippen LogP contribution is 2.33. The lowest BCUT2D eigenvalue weighted by Crippen LogP contribution is -2.13. The standard InChI is InChI=1S/C28H28Cl2O3/c1-18-6-11-23(28(2,3)4)27(14-18)33-17-20-15-19(8-13-26(20)32-5)7-12-25(31)22-10-9-21(29)16-24(22)30/h6-16H,17H2,1-5H3/b12-7+. The fourth-order valence-corrected chi connectivity index (χ4v) is 3.99. The number of methoxy groups -OCH3 is 1. The van der Waals surface area contributed by atoms with Crippen LogP contribution in [-0.4, -0.2) is 12.9 Å². The zero-order chi connectivity index (χ0) is 24.2. The minimum absolute atomic E-state index is 0.0407. The van der Waals surface area contributed by atoms with Gasteiger partial charge in [0.05, 0.1) is 12.1 Å². The van der Waals surface area contributed by atoms with Gasteiger partial charge in [-0.25, -0.2) is 0 Å². The summed E-state index contributed by atoms with van der Waals surface area (Å²) in [6.45, 7) is 8.89. The van der Waals surface area contributed by atoms with Crippen molar-refractivity contribution in [3.8, 4) is 11.5 Å². The van der Waals surface area contributed by atoms with Crippen LogP contribution in [0.5, 0.6) is 11.5 Å². The van der Waals surface area contributed by atoms with Crippen molar-refractivity contribution in [1.82, 2.24) is 0 Å². The molecule has 0 fully saturated rings. The summed E-state index contributed by atoms with van der Waals surface area (Å²) in [5.74, 6) is 1.39. The van der Waals surface area contributed by atoms with Crippen LogP contribution >= 0.6 is 23.2 Å². The van der Waals surface area contributed by atoms with Gasteiger partial charge in [0, 0.05) is 16.1 Å². The first kappa shape index (κ1) is 24.9. The monoisotopic (exact) mass is 482 g/mol. The van der Waals surface area contributed by atoms with Gasteiger partial charge < -0.3 is 9.47 Å². The van der Waals surface area contributed by atoms with E-state index in [0.717, 1.165) is 33.8 Å². The second-order valence-corrected chi connectivity index (χ2v) is 9.77. The molecule has 0 spiro atoms. The lowest BCUT2D eigenvalue weighted by atomic mass is 9.86. The zero-order valence-corrected chi connectivity index (χ0v) is 21.1. The minimum atomic E-state index is -0.195. The summed E-state index contributed by atoms with van der Waals surface area (Å²) in [6.07, 6.45) is 3.25. The molecule has 5 heteroatoms. The second-order valence-electron chi connectivity index (χ2n) is 8.93. The van der Waals surface area contributed by atoms with E-state index in [1.807, 2.05) is 18.2 Å². The van der Waals surface area contributed by atoms with Crippen LogP contribution in [-0.2, 0) is 12.0 Å². The van der Waals surface area contributed by atoms with E-state index in [1.54, 1.807) is 31.4 Å². The van der Waals surface area contributed by atoms with Crippen LogP contribution in [0.2, 0.25) is 10.0 Å². The molecule has 33 heavy (non-hydrogen) atoms. The molecule has 0 saturated heterocycles. The number of hydrogen-bond acceptors (Lipinski definition) is 3. The Morgan fingerprint density at radius 3 is 2.39 bits per heavy atom. The van der Waals surface area contributed by atoms with Crippen LogP contribution in [0, 0.1) is 6.92 Å². The van der Waals surface area contributed by atoms with Gasteiger partial charge in [-0.2, -0.15) is 0 Å². The predicted molar refractivity (Wildman–Crippen MR) is 137 cm³/mol. The van der Waals surface area contributed by atoms with Gasteiger partial charge in [0.15, 0.2) is 5.78 Å². The summed E-state index contributed by atoms with van der Waals surface area (Å²) in [7, 11) is 1.63. The molecule has 0 atom stereocenters. The molecule has 0 unspecified atom stereocenters. The Hall–Kier alpha value is -2.75. The van der Waals surface area contributed by atoms with Crippen LogP contribution in [0.15, 0.2) is 60.7 Å². The first-order chi connectivity index (χ1) is 15.6. The molecule has 0 aliphatic heterocycles. The molecular weight excluding hydrogens is 455 g/mol. The number of benzene rings is 3. The molecule has 0 heterocycles. The van der Waals surface area contributed by atoms with Gasteiger partial charge >= 0.3 is 0 Å². The fourth-order valence-electron chi connectivity index (χ4n) is 3.49. The van der Waals surface area contributed by atoms with Crippen LogP contribution in [0.25, 0.3) is 6.08 Å². The van der Waals surface area contributed by atoms with Crippen LogP contribution < -0.4 is 9.47 Å². The van der Waals surface area contributed by atoms with Crippen molar-refractivity contribution in [2.24, 2.45) is 0 Å². The average molecular weight is 483 g/mol. The van der Waals surface area contributed by atoms with Crippen LogP contribution in [0.4, 0.5) is 0 Å². The maximum atomic E-state index is 12.6. The molecule has 3 nitrogen and oxygen atoms in total. The summed E-state index contributed by atoms with van der Waals surface area (Å²) in [5.41, 5.74) is 4.39. The maximum absolute atomic E-state index is 12.6. The molecule has 0 amide bonds. The van der Waals surface area contributed by atoms with Crippen molar-refractivity contribution in [2.45, 2.75) is 39.7 Å². The third-order valence-corrected chi connectivity index (χ3v) is 5.80. The molecule has 3 aromatic rings. The van der Waals surface area contributed by atoms with Crippen LogP contribution in [0.3, 0.4) is 0 Å². The number of carbonyl (C=O) groups excluding carboxylic acids is 1. The van der Waals surface area contributed by atoms with E-state index in [2.05, 4.69) is 45.9 Å². The Balaban J connectivity index is 1.83. The van der Waals surface area contributed by atoms with Gasteiger partial charge in [0.2, 0.25) is 0 Å². The zero-order valence-electron chi connectivity index (χ0n) is 19.5. The summed E-state index contributed by atoms with van der Waals surface area (Å²) in [6, 6.07) is 16.8. The number of allylic oxidation sites excluding steroid dienone is 1. The number of halogens is 2. The van der Waals surface area contributed by atoms with Crippen molar-refractivity contribution in [3.05, 3.63) is 98.5 Å². The van der Waals surface area contributed by atoms with Crippen molar-refractivity contribution >= 4 is 35.1 Å². The minimum Gasteiger partial charge on any atom is -0.496 e. The fraction of sp³-hybridized carbons (Fsp3) is 0.250. The van der Waals surface area contributed by atoms with E-state index in [-0.39, 0.29) is 11.2 Å². The smallest absolute Gasteiger partial charge is 0.187 e. The van der Waals surface area contributed by atoms with Gasteiger partial charge in [-0.3, -0.25) is 4.79 Å². The topological polar surface area (TPSA) is 35.5 Å². The third-order valence-electron chi connectivity index (χ3n) is 5.26. The first-order valence-corrected chi connectivity index (χ1v) is 11.4. The molecule has 0 saturated carbocycles. The maximum Gasteiger partial charge on any atom is 0.187 e. The number of aryl methyl sites for hydroxylation is 1. The van der Waals surface area contributed by atoms with Crippen molar-refractivity contribution in [3.63, 3.8) is 0 Å². The van der Waals surface area contributed by atoms with Crippen molar-refractivity contribution < 1.29 is 14.3 Å². The number of ether oxygens (including phenoxy) is 2. The van der Waals surface area contributed by atoms with E-state index < -0.39 is 0 Å². The molecule has 0 aliphatic carbocycles. The normalized spacial score (nSPS) is 11.6. The van der Waals surface area contributed by atoms with E-state index in [9.17, 15) is 4.79 Å². The number of ketones is 1. The number of hydrogen-bond donors (Lipinski definition) is 0. The molecule has 172 valence electrons. The quantitative estimate of drug-likeness (QED) is 0.252. The molecule has 3 rings (SSSR count). The molecule has 3 aromatic carbocycles. The molecule has 0 aliphatic rings. The highest BCUT2D eigenvalue weighted by molar-refractivity contribution is 6.37. The Bertz CT molecular complexity index is 1190. The first-order valence-electron chi connectivity index (χ1n) is 10.7. The molecule has 0 bridgehead atoms. The largest absolute Gasteiger partial charge is 0.496 e. The Kier molecular flexibility index (Phi) is 7.88. The summed E-state index contributed by atoms with van der Waals surface area (Å²) >= 11 is 12.1. The van der Waals surface area contributed by atoms with Crippen LogP contribution in [0.1, 0.15) is 53.4 Å². The van der Waals surface area contributed by atoms with Gasteiger partial charge in [0.1, 0.15) is 18.1 Å². The Morgan fingerprint density at radius 2 is 1.73 bits per heavy atom. The second kappa shape index (κ2) is 10.5. The lowest BCUT2D eigenvalue weighted by Gasteiger charge is -2.23. The summed E-state index contributed by atoms with van der Waals surface area (Å²) < 4.78 is 11.8. The third kappa shape index (κ3) is 6.40. The van der Waals surface area contributed by atoms with E-state index in [4.69, 9.17) is 32.7 Å². The van der Waals surface area contributed by atoms with Gasteiger partial charge in [-0.05, 0) is 71.5 Å². The van der Waals surface area contributed by atoms with Gasteiger partial charge in [-0.15, -0.1) is 0 Å². The Morgan fingerprint density at radius 1 is 0.970 bits per heavy atom. The van der Waals surface area contributed by atoms with E-state index in [1.165, 1.54) is 6.08 Å². The van der Waals surface area contributed by atoms with Gasteiger partial charge in [-0.1, -0.05) is 68.2 Å². The molecule has 0 radical (unpaired) electrons. The number of rotatable bonds is 7. The van der Waals surface area contributed by atoms with E-state index >= 15 is 0 Å². The lowest BCUT2D eigenvalue weighted by molar-refractivity contribution is 0.104. The Labute approximate surface area is 206 Å². The summed E-state index contributed by atoms with van der Waals surface area (Å²) in [4.78, 5) is 12.6. The van der Waals surface area contributed by atoms with E-state index in [0.29, 0.717) is 22.2 Å². The highest BCUT2D eigenvalue weighted by atomic mass is 35.5. The summed E-state index contributed by atoms with van der Waals surface area (Å²) in [5, 5.41) is 0.817. The number of carbonyl (C=O) groups is 1. The molecule has 0 N–H and O–H groups in total. The molecule has 0 aromatic heterocycles. The molecular formula is C28H28Cl2O3. The average Bonchev–Trinajstić information content (AvgIpc) is 2.75. The predicted octanol–water partition coefficient (Wildman–Crippen LogP) is 8.08. The highest BCUT2D eigenvalue weighted by Gasteiger charge is 2.19. The SMILES string of the molecule is COc1ccc(/C=C/C(=O)c2ccc(Cl)cc2Cl)cc1COc1cc(C)ccc1C(C)(C)C. The van der Waals surface area contributed by atoms with Crippen molar-refractivity contribution in [2.75, 3.05) is 7.11 Å².